The lowest BCUT2D eigenvalue weighted by molar-refractivity contribution is 0.281. The molecule has 0 heterocycles. The summed E-state index contributed by atoms with van der Waals surface area (Å²) in [4.78, 5) is 0.191. The first-order valence-electron chi connectivity index (χ1n) is 6.77. The maximum Gasteiger partial charge on any atom is 0.241 e. The molecule has 0 aliphatic rings. The minimum absolute atomic E-state index is 0.0602. The predicted molar refractivity (Wildman–Crippen MR) is 84.1 cm³/mol. The van der Waals surface area contributed by atoms with Crippen LogP contribution in [0.1, 0.15) is 44.2 Å². The van der Waals surface area contributed by atoms with Gasteiger partial charge < -0.3 is 5.11 Å². The van der Waals surface area contributed by atoms with Crippen molar-refractivity contribution in [3.63, 3.8) is 0 Å². The Bertz CT molecular complexity index is 558. The molecule has 1 unspecified atom stereocenters. The average molecular weight is 364 g/mol. The molecule has 0 bridgehead atoms. The van der Waals surface area contributed by atoms with Crippen LogP contribution in [0.15, 0.2) is 21.5 Å². The summed E-state index contributed by atoms with van der Waals surface area (Å²) in [6.45, 7) is 5.63. The van der Waals surface area contributed by atoms with Crippen molar-refractivity contribution in [2.45, 2.75) is 57.6 Å². The number of aliphatic hydroxyl groups excluding tert-OH is 1. The molecular weight excluding hydrogens is 342 g/mol. The number of halogens is 1. The van der Waals surface area contributed by atoms with Crippen LogP contribution in [-0.4, -0.2) is 19.6 Å². The van der Waals surface area contributed by atoms with E-state index in [2.05, 4.69) is 20.7 Å². The Labute approximate surface area is 129 Å². The van der Waals surface area contributed by atoms with Gasteiger partial charge in [0.15, 0.2) is 0 Å². The van der Waals surface area contributed by atoms with Crippen LogP contribution in [0.2, 0.25) is 0 Å². The minimum Gasteiger partial charge on any atom is -0.392 e. The standard InChI is InChI=1S/C14H22BrNO3S/c1-4-6-12(5-2)16-20(18,19)13-8-11(9-17)7-10(3)14(13)15/h7-8,12,16-17H,4-6,9H2,1-3H3. The molecule has 0 spiro atoms. The third-order valence-corrected chi connectivity index (χ3v) is 6.06. The summed E-state index contributed by atoms with van der Waals surface area (Å²) in [7, 11) is -3.59. The first-order valence-corrected chi connectivity index (χ1v) is 9.05. The highest BCUT2D eigenvalue weighted by Crippen LogP contribution is 2.27. The van der Waals surface area contributed by atoms with Gasteiger partial charge in [0.05, 0.1) is 11.5 Å². The Kier molecular flexibility index (Phi) is 6.64. The number of rotatable bonds is 7. The van der Waals surface area contributed by atoms with E-state index in [1.165, 1.54) is 6.07 Å². The molecule has 0 radical (unpaired) electrons. The van der Waals surface area contributed by atoms with Crippen LogP contribution in [0.3, 0.4) is 0 Å². The van der Waals surface area contributed by atoms with E-state index in [1.807, 2.05) is 20.8 Å². The largest absolute Gasteiger partial charge is 0.392 e. The average Bonchev–Trinajstić information content (AvgIpc) is 2.40. The van der Waals surface area contributed by atoms with E-state index in [9.17, 15) is 13.5 Å². The fourth-order valence-electron chi connectivity index (χ4n) is 2.07. The lowest BCUT2D eigenvalue weighted by Crippen LogP contribution is -2.34. The summed E-state index contributed by atoms with van der Waals surface area (Å²) in [5.41, 5.74) is 1.38. The molecule has 0 saturated heterocycles. The predicted octanol–water partition coefficient (Wildman–Crippen LogP) is 3.11. The van der Waals surface area contributed by atoms with Gasteiger partial charge in [0.25, 0.3) is 0 Å². The number of sulfonamides is 1. The van der Waals surface area contributed by atoms with Gasteiger partial charge in [0, 0.05) is 10.5 Å². The van der Waals surface area contributed by atoms with Crippen molar-refractivity contribution in [1.29, 1.82) is 0 Å². The van der Waals surface area contributed by atoms with Crippen LogP contribution in [0.25, 0.3) is 0 Å². The van der Waals surface area contributed by atoms with Crippen LogP contribution < -0.4 is 4.72 Å². The van der Waals surface area contributed by atoms with Crippen molar-refractivity contribution in [3.8, 4) is 0 Å². The van der Waals surface area contributed by atoms with Crippen molar-refractivity contribution in [3.05, 3.63) is 27.7 Å². The second kappa shape index (κ2) is 7.54. The van der Waals surface area contributed by atoms with Crippen LogP contribution in [0.5, 0.6) is 0 Å². The molecule has 1 atom stereocenters. The quantitative estimate of drug-likeness (QED) is 0.781. The first kappa shape index (κ1) is 17.6. The molecule has 0 fully saturated rings. The Hall–Kier alpha value is -0.430. The Morgan fingerprint density at radius 2 is 2.00 bits per heavy atom. The van der Waals surface area contributed by atoms with Crippen molar-refractivity contribution >= 4 is 26.0 Å². The molecule has 0 aliphatic heterocycles. The number of aliphatic hydroxyl groups is 1. The van der Waals surface area contributed by atoms with Gasteiger partial charge in [0.1, 0.15) is 0 Å². The van der Waals surface area contributed by atoms with E-state index in [1.54, 1.807) is 6.07 Å². The van der Waals surface area contributed by atoms with Crippen molar-refractivity contribution in [1.82, 2.24) is 4.72 Å². The molecule has 6 heteroatoms. The van der Waals surface area contributed by atoms with Crippen LogP contribution in [0.4, 0.5) is 0 Å². The molecule has 4 nitrogen and oxygen atoms in total. The molecule has 1 aromatic rings. The summed E-state index contributed by atoms with van der Waals surface area (Å²) in [5, 5.41) is 9.22. The highest BCUT2D eigenvalue weighted by Gasteiger charge is 2.22. The highest BCUT2D eigenvalue weighted by molar-refractivity contribution is 9.10. The SMILES string of the molecule is CCCC(CC)NS(=O)(=O)c1cc(CO)cc(C)c1Br. The number of benzene rings is 1. The maximum absolute atomic E-state index is 12.5. The molecule has 0 aliphatic carbocycles. The molecular formula is C14H22BrNO3S. The maximum atomic E-state index is 12.5. The van der Waals surface area contributed by atoms with Crippen LogP contribution in [0, 0.1) is 6.92 Å². The van der Waals surface area contributed by atoms with Gasteiger partial charge in [-0.25, -0.2) is 13.1 Å². The Morgan fingerprint density at radius 1 is 1.35 bits per heavy atom. The van der Waals surface area contributed by atoms with Crippen molar-refractivity contribution in [2.24, 2.45) is 0 Å². The van der Waals surface area contributed by atoms with E-state index < -0.39 is 10.0 Å². The summed E-state index contributed by atoms with van der Waals surface area (Å²) >= 11 is 3.33. The zero-order valence-corrected chi connectivity index (χ0v) is 14.5. The Balaban J connectivity index is 3.18. The van der Waals surface area contributed by atoms with Crippen LogP contribution in [-0.2, 0) is 16.6 Å². The Morgan fingerprint density at radius 3 is 2.50 bits per heavy atom. The monoisotopic (exact) mass is 363 g/mol. The smallest absolute Gasteiger partial charge is 0.241 e. The summed E-state index contributed by atoms with van der Waals surface area (Å²) in [6.07, 6.45) is 2.49. The van der Waals surface area contributed by atoms with Crippen molar-refractivity contribution < 1.29 is 13.5 Å². The molecule has 0 aromatic heterocycles. The molecule has 2 N–H and O–H groups in total. The highest BCUT2D eigenvalue weighted by atomic mass is 79.9. The third kappa shape index (κ3) is 4.28. The van der Waals surface area contributed by atoms with E-state index >= 15 is 0 Å². The molecule has 1 aromatic carbocycles. The summed E-state index contributed by atoms with van der Waals surface area (Å²) < 4.78 is 28.3. The molecule has 0 amide bonds. The van der Waals surface area contributed by atoms with Crippen molar-refractivity contribution in [2.75, 3.05) is 0 Å². The number of nitrogens with one attached hydrogen (secondary N) is 1. The van der Waals surface area contributed by atoms with Gasteiger partial charge in [-0.3, -0.25) is 0 Å². The lowest BCUT2D eigenvalue weighted by Gasteiger charge is -2.18. The van der Waals surface area contributed by atoms with E-state index in [0.29, 0.717) is 10.0 Å². The molecule has 0 saturated carbocycles. The zero-order valence-electron chi connectivity index (χ0n) is 12.1. The summed E-state index contributed by atoms with van der Waals surface area (Å²) in [6, 6.07) is 3.22. The van der Waals surface area contributed by atoms with Gasteiger partial charge in [-0.2, -0.15) is 0 Å². The van der Waals surface area contributed by atoms with E-state index in [0.717, 1.165) is 24.8 Å². The lowest BCUT2D eigenvalue weighted by atomic mass is 10.1. The molecule has 114 valence electrons. The van der Waals surface area contributed by atoms with Gasteiger partial charge in [-0.05, 0) is 52.9 Å². The normalized spacial score (nSPS) is 13.4. The number of aryl methyl sites for hydroxylation is 1. The van der Waals surface area contributed by atoms with Gasteiger partial charge >= 0.3 is 0 Å². The second-order valence-corrected chi connectivity index (χ2v) is 7.37. The van der Waals surface area contributed by atoms with E-state index in [4.69, 9.17) is 0 Å². The molecule has 1 rings (SSSR count). The second-order valence-electron chi connectivity index (χ2n) is 4.90. The molecule has 20 heavy (non-hydrogen) atoms. The fourth-order valence-corrected chi connectivity index (χ4v) is 4.50. The van der Waals surface area contributed by atoms with Gasteiger partial charge in [-0.1, -0.05) is 26.3 Å². The minimum atomic E-state index is -3.59. The van der Waals surface area contributed by atoms with Gasteiger partial charge in [0.2, 0.25) is 10.0 Å². The van der Waals surface area contributed by atoms with Gasteiger partial charge in [-0.15, -0.1) is 0 Å². The van der Waals surface area contributed by atoms with Crippen LogP contribution >= 0.6 is 15.9 Å². The number of hydrogen-bond acceptors (Lipinski definition) is 3. The fraction of sp³-hybridized carbons (Fsp3) is 0.571. The number of hydrogen-bond donors (Lipinski definition) is 2. The third-order valence-electron chi connectivity index (χ3n) is 3.20. The first-order chi connectivity index (χ1) is 9.35. The topological polar surface area (TPSA) is 66.4 Å². The zero-order chi connectivity index (χ0) is 15.3. The van der Waals surface area contributed by atoms with E-state index in [-0.39, 0.29) is 17.5 Å². The summed E-state index contributed by atoms with van der Waals surface area (Å²) in [5.74, 6) is 0.